The van der Waals surface area contributed by atoms with E-state index in [-0.39, 0.29) is 54.6 Å². The number of aryl methyl sites for hydroxylation is 1. The van der Waals surface area contributed by atoms with Gasteiger partial charge in [0, 0.05) is 107 Å². The second-order valence-corrected chi connectivity index (χ2v) is 20.9. The number of thiazole rings is 1. The number of ether oxygens (including phenoxy) is 2. The van der Waals surface area contributed by atoms with E-state index in [2.05, 4.69) is 62.2 Å². The zero-order chi connectivity index (χ0) is 51.9. The molecule has 5 aromatic rings. The second-order valence-electron chi connectivity index (χ2n) is 20.0. The van der Waals surface area contributed by atoms with Crippen molar-refractivity contribution in [3.8, 4) is 33.3 Å². The van der Waals surface area contributed by atoms with E-state index >= 15 is 0 Å². The van der Waals surface area contributed by atoms with Gasteiger partial charge < -0.3 is 51.2 Å². The van der Waals surface area contributed by atoms with Gasteiger partial charge in [0.2, 0.25) is 17.7 Å². The van der Waals surface area contributed by atoms with Crippen molar-refractivity contribution in [3.63, 3.8) is 0 Å². The lowest BCUT2D eigenvalue weighted by molar-refractivity contribution is -0.140. The highest BCUT2D eigenvalue weighted by Gasteiger charge is 2.43. The summed E-state index contributed by atoms with van der Waals surface area (Å²) < 4.78 is 12.3. The number of aromatic nitrogens is 4. The number of hydrogen-bond acceptors (Lipinski definition) is 18. The fraction of sp³-hybridized carbons (Fsp3) is 0.463. The molecule has 3 aromatic heterocycles. The van der Waals surface area contributed by atoms with Crippen LogP contribution in [-0.4, -0.2) is 165 Å². The van der Waals surface area contributed by atoms with Crippen molar-refractivity contribution in [2.45, 2.75) is 83.3 Å². The van der Waals surface area contributed by atoms with E-state index in [1.54, 1.807) is 23.5 Å². The number of benzene rings is 2. The molecule has 74 heavy (non-hydrogen) atoms. The van der Waals surface area contributed by atoms with Gasteiger partial charge in [-0.2, -0.15) is 0 Å². The molecule has 0 saturated carbocycles. The third kappa shape index (κ3) is 12.0. The summed E-state index contributed by atoms with van der Waals surface area (Å²) in [5, 5.41) is 32.7. The number of likely N-dealkylation sites (tertiary alicyclic amines) is 1. The van der Waals surface area contributed by atoms with Crippen molar-refractivity contribution in [3.05, 3.63) is 102 Å². The predicted molar refractivity (Wildman–Crippen MR) is 288 cm³/mol. The van der Waals surface area contributed by atoms with Gasteiger partial charge in [-0.05, 0) is 68.0 Å². The molecule has 20 heteroatoms. The van der Waals surface area contributed by atoms with E-state index in [1.807, 2.05) is 81.9 Å². The number of para-hydroxylation sites is 1. The van der Waals surface area contributed by atoms with Gasteiger partial charge in [0.25, 0.3) is 0 Å². The topological polar surface area (TPSA) is 237 Å². The molecule has 2 unspecified atom stereocenters. The van der Waals surface area contributed by atoms with Crippen molar-refractivity contribution < 1.29 is 29.3 Å². The Hall–Kier alpha value is -6.87. The number of phenols is 1. The number of aliphatic hydroxyl groups excluding tert-OH is 1. The number of amides is 2. The molecule has 4 saturated heterocycles. The molecule has 7 N–H and O–H groups in total. The number of rotatable bonds is 19. The van der Waals surface area contributed by atoms with Gasteiger partial charge in [0.05, 0.1) is 45.8 Å². The highest BCUT2D eigenvalue weighted by atomic mass is 32.1. The van der Waals surface area contributed by atoms with Gasteiger partial charge >= 0.3 is 0 Å². The number of fused-ring (bicyclic) bond motifs is 2. The summed E-state index contributed by atoms with van der Waals surface area (Å²) in [6.45, 7) is 15.2. The fourth-order valence-electron chi connectivity index (χ4n) is 10.6. The quantitative estimate of drug-likeness (QED) is 0.0548. The zero-order valence-corrected chi connectivity index (χ0v) is 43.5. The average Bonchev–Trinajstić information content (AvgIpc) is 4.10. The Kier molecular flexibility index (Phi) is 16.6. The first-order valence-corrected chi connectivity index (χ1v) is 26.6. The number of nitrogen functional groups attached to an aromatic ring is 1. The van der Waals surface area contributed by atoms with Crippen LogP contribution >= 0.6 is 11.3 Å². The van der Waals surface area contributed by atoms with Crippen molar-refractivity contribution in [2.75, 3.05) is 87.7 Å². The predicted octanol–water partition coefficient (Wildman–Crippen LogP) is 4.86. The number of nitrogens with two attached hydrogens (primary N) is 2. The summed E-state index contributed by atoms with van der Waals surface area (Å²) in [4.78, 5) is 53.4. The van der Waals surface area contributed by atoms with Crippen LogP contribution in [0.15, 0.2) is 95.4 Å². The number of nitrogens with zero attached hydrogens (tertiary/aromatic N) is 10. The molecule has 4 aliphatic heterocycles. The molecule has 2 aromatic carbocycles. The molecule has 2 amide bonds. The lowest BCUT2D eigenvalue weighted by Gasteiger charge is -2.43. The lowest BCUT2D eigenvalue weighted by Crippen LogP contribution is -2.54. The Balaban J connectivity index is 0.696. The monoisotopic (exact) mass is 1030 g/mol. The lowest BCUT2D eigenvalue weighted by atomic mass is 10.0. The number of anilines is 3. The fourth-order valence-corrected chi connectivity index (χ4v) is 11.4. The normalized spacial score (nSPS) is 21.4. The van der Waals surface area contributed by atoms with Gasteiger partial charge in [-0.1, -0.05) is 50.2 Å². The Morgan fingerprint density at radius 3 is 2.32 bits per heavy atom. The van der Waals surface area contributed by atoms with Crippen LogP contribution in [0.25, 0.3) is 21.7 Å². The maximum atomic E-state index is 14.1. The summed E-state index contributed by atoms with van der Waals surface area (Å²) in [6, 6.07) is 19.8. The zero-order valence-electron chi connectivity index (χ0n) is 42.7. The molecule has 6 atom stereocenters. The third-order valence-electron chi connectivity index (χ3n) is 14.7. The number of carbonyl (C=O) groups excluding carboxylic acids is 2. The van der Waals surface area contributed by atoms with Crippen molar-refractivity contribution >= 4 is 46.6 Å². The van der Waals surface area contributed by atoms with E-state index in [9.17, 15) is 19.8 Å². The van der Waals surface area contributed by atoms with Crippen molar-refractivity contribution in [1.82, 2.24) is 40.2 Å². The van der Waals surface area contributed by atoms with E-state index in [0.717, 1.165) is 91.7 Å². The first-order valence-electron chi connectivity index (χ1n) is 25.7. The molecular formula is C54H69N13O6S. The number of nitrogens with one attached hydrogen (secondary N) is 1. The van der Waals surface area contributed by atoms with Crippen molar-refractivity contribution in [2.24, 2.45) is 16.6 Å². The first-order chi connectivity index (χ1) is 35.8. The minimum atomic E-state index is -0.833. The van der Waals surface area contributed by atoms with Crippen molar-refractivity contribution in [1.29, 1.82) is 0 Å². The van der Waals surface area contributed by atoms with Crippen LogP contribution in [0, 0.1) is 12.8 Å². The van der Waals surface area contributed by atoms with E-state index < -0.39 is 18.2 Å². The summed E-state index contributed by atoms with van der Waals surface area (Å²) in [5.74, 6) is 0.639. The highest BCUT2D eigenvalue weighted by molar-refractivity contribution is 7.13. The molecule has 4 aliphatic rings. The summed E-state index contributed by atoms with van der Waals surface area (Å²) in [6.07, 6.45) is 6.10. The number of pyridine rings is 1. The number of carbonyl (C=O) groups is 2. The first kappa shape index (κ1) is 52.0. The average molecular weight is 1030 g/mol. The largest absolute Gasteiger partial charge is 0.507 e. The SMILES string of the molecule is Cc1ncsc1-c1ccc([C@H](C)NC(=O)[C@@H]2C[C@@H](O)CN2C(=O)[C@H](N=CC(=CN)OCCN2CCN(CCOc3cc(N4C5CCC4CN(c4cc(-c6ccccc6O)nnc4N)C5)ccn3)CC2)C(C)C)cc1. The number of aliphatic hydroxyl groups is 1. The van der Waals surface area contributed by atoms with Crippen LogP contribution in [0.3, 0.4) is 0 Å². The van der Waals surface area contributed by atoms with Gasteiger partial charge in [0.1, 0.15) is 31.0 Å². The van der Waals surface area contributed by atoms with Crippen LogP contribution in [0.5, 0.6) is 11.6 Å². The molecular weight excluding hydrogens is 959 g/mol. The van der Waals surface area contributed by atoms with Crippen LogP contribution in [-0.2, 0) is 14.3 Å². The van der Waals surface area contributed by atoms with Crippen LogP contribution in [0.1, 0.15) is 57.3 Å². The number of β-amino-alcohol motifs (C(OH)–C–C–N with tert-alkyl or cyclic N) is 1. The van der Waals surface area contributed by atoms with Gasteiger partial charge in [-0.15, -0.1) is 21.5 Å². The molecule has 0 spiro atoms. The number of allylic oxidation sites excluding steroid dienone is 1. The Morgan fingerprint density at radius 2 is 1.65 bits per heavy atom. The number of hydrogen-bond donors (Lipinski definition) is 5. The maximum Gasteiger partial charge on any atom is 0.248 e. The van der Waals surface area contributed by atoms with E-state index in [0.29, 0.717) is 48.5 Å². The Labute approximate surface area is 436 Å². The minimum Gasteiger partial charge on any atom is -0.507 e. The summed E-state index contributed by atoms with van der Waals surface area (Å²) in [5.41, 5.74) is 20.3. The third-order valence-corrected chi connectivity index (χ3v) is 15.7. The molecule has 0 radical (unpaired) electrons. The molecule has 392 valence electrons. The molecule has 7 heterocycles. The Morgan fingerprint density at radius 1 is 0.932 bits per heavy atom. The number of aliphatic imine (C=N–C) groups is 1. The number of phenolic OH excluding ortho intramolecular Hbond substituents is 1. The van der Waals surface area contributed by atoms with E-state index in [4.69, 9.17) is 20.9 Å². The standard InChI is InChI=1S/C54H69N13O6S/c1-34(2)50(54(71)66-32-42(68)26-47(66)53(70)60-35(3)37-9-11-38(12-10-37)51-36(4)59-33-74-51)58-29-43(28-55)72-23-21-63-17-19-64(20-18-63)22-24-73-49-25-39(15-16-57-49)67-40-13-14-41(67)31-65(30-40)46-27-45(61-62-52(46)56)44-7-5-6-8-48(44)69/h5-12,15-16,25,27-29,33-35,40-42,47,50,68-69H,13-14,17-24,26,30-32,55H2,1-4H3,(H2,56,62)(H,60,70)/t35-,40?,41?,42+,47-,50+/m0/s1. The van der Waals surface area contributed by atoms with Crippen LogP contribution in [0.2, 0.25) is 0 Å². The number of piperazine rings is 2. The van der Waals surface area contributed by atoms with E-state index in [1.165, 1.54) is 17.3 Å². The summed E-state index contributed by atoms with van der Waals surface area (Å²) >= 11 is 1.59. The van der Waals surface area contributed by atoms with Crippen LogP contribution < -0.4 is 31.3 Å². The Bertz CT molecular complexity index is 2770. The van der Waals surface area contributed by atoms with Gasteiger partial charge in [0.15, 0.2) is 11.6 Å². The molecule has 4 fully saturated rings. The van der Waals surface area contributed by atoms with Crippen LogP contribution in [0.4, 0.5) is 17.2 Å². The smallest absolute Gasteiger partial charge is 0.248 e. The molecule has 9 rings (SSSR count). The van der Waals surface area contributed by atoms with Gasteiger partial charge in [-0.25, -0.2) is 9.97 Å². The second kappa shape index (κ2) is 23.6. The molecule has 2 bridgehead atoms. The van der Waals surface area contributed by atoms with Gasteiger partial charge in [-0.3, -0.25) is 24.4 Å². The highest BCUT2D eigenvalue weighted by Crippen LogP contribution is 2.40. The molecule has 0 aliphatic carbocycles. The number of aromatic hydroxyl groups is 1. The molecule has 19 nitrogen and oxygen atoms in total. The summed E-state index contributed by atoms with van der Waals surface area (Å²) in [7, 11) is 0. The minimum absolute atomic E-state index is 0.0460. The maximum absolute atomic E-state index is 14.1.